The highest BCUT2D eigenvalue weighted by molar-refractivity contribution is 5.89. The van der Waals surface area contributed by atoms with Crippen molar-refractivity contribution in [1.82, 2.24) is 0 Å². The topological polar surface area (TPSA) is 26.3 Å². The summed E-state index contributed by atoms with van der Waals surface area (Å²) in [6, 6.07) is 7.10. The minimum atomic E-state index is -0.244. The molecular weight excluding hydrogens is 188 g/mol. The monoisotopic (exact) mass is 205 g/mol. The van der Waals surface area contributed by atoms with Gasteiger partial charge in [-0.3, -0.25) is 0 Å². The zero-order valence-electron chi connectivity index (χ0n) is 9.16. The lowest BCUT2D eigenvalue weighted by atomic mass is 10.1. The Labute approximate surface area is 91.3 Å². The van der Waals surface area contributed by atoms with Crippen molar-refractivity contribution in [3.05, 3.63) is 42.3 Å². The van der Waals surface area contributed by atoms with E-state index in [1.165, 1.54) is 0 Å². The Balaban J connectivity index is 2.37. The summed E-state index contributed by atoms with van der Waals surface area (Å²) in [5.41, 5.74) is 1.50. The summed E-state index contributed by atoms with van der Waals surface area (Å²) in [5, 5.41) is 0. The number of esters is 1. The van der Waals surface area contributed by atoms with Gasteiger partial charge in [0.1, 0.15) is 0 Å². The number of hydrogen-bond acceptors (Lipinski definition) is 2. The average molecular weight is 205 g/mol. The third-order valence-corrected chi connectivity index (χ3v) is 2.17. The van der Waals surface area contributed by atoms with Gasteiger partial charge in [0.15, 0.2) is 0 Å². The highest BCUT2D eigenvalue weighted by atomic mass is 16.5. The first-order valence-electron chi connectivity index (χ1n) is 5.33. The average Bonchev–Trinajstić information content (AvgIpc) is 2.25. The van der Waals surface area contributed by atoms with Crippen molar-refractivity contribution < 1.29 is 9.53 Å². The molecule has 0 bridgehead atoms. The van der Waals surface area contributed by atoms with E-state index < -0.39 is 0 Å². The van der Waals surface area contributed by atoms with E-state index in [0.717, 1.165) is 24.8 Å². The molecule has 0 aliphatic carbocycles. The molecule has 0 spiro atoms. The van der Waals surface area contributed by atoms with Gasteiger partial charge in [0, 0.05) is 0 Å². The fourth-order valence-corrected chi connectivity index (χ4v) is 1.24. The molecule has 1 radical (unpaired) electrons. The van der Waals surface area contributed by atoms with Crippen molar-refractivity contribution in [2.24, 2.45) is 0 Å². The van der Waals surface area contributed by atoms with Crippen molar-refractivity contribution in [3.63, 3.8) is 0 Å². The van der Waals surface area contributed by atoms with E-state index in [2.05, 4.69) is 13.8 Å². The van der Waals surface area contributed by atoms with Gasteiger partial charge in [-0.05, 0) is 31.0 Å². The normalized spacial score (nSPS) is 10.0. The fraction of sp³-hybridized carbons (Fsp3) is 0.385. The van der Waals surface area contributed by atoms with E-state index in [9.17, 15) is 4.79 Å². The van der Waals surface area contributed by atoms with Crippen molar-refractivity contribution in [2.75, 3.05) is 6.61 Å². The maximum absolute atomic E-state index is 11.5. The molecule has 0 atom stereocenters. The van der Waals surface area contributed by atoms with Gasteiger partial charge in [-0.15, -0.1) is 0 Å². The van der Waals surface area contributed by atoms with Crippen LogP contribution in [0.5, 0.6) is 0 Å². The molecule has 0 fully saturated rings. The van der Waals surface area contributed by atoms with Gasteiger partial charge < -0.3 is 4.74 Å². The van der Waals surface area contributed by atoms with Crippen LogP contribution < -0.4 is 0 Å². The quantitative estimate of drug-likeness (QED) is 0.545. The molecule has 0 aliphatic rings. The van der Waals surface area contributed by atoms with Crippen LogP contribution in [0, 0.1) is 6.92 Å². The van der Waals surface area contributed by atoms with E-state index in [4.69, 9.17) is 4.74 Å². The Bertz CT molecular complexity index is 301. The first-order valence-corrected chi connectivity index (χ1v) is 5.33. The first kappa shape index (κ1) is 11.8. The smallest absolute Gasteiger partial charge is 0.338 e. The van der Waals surface area contributed by atoms with Crippen molar-refractivity contribution >= 4 is 5.97 Å². The predicted octanol–water partition coefficient (Wildman–Crippen LogP) is 3.22. The van der Waals surface area contributed by atoms with E-state index in [-0.39, 0.29) is 5.97 Å². The van der Waals surface area contributed by atoms with E-state index >= 15 is 0 Å². The van der Waals surface area contributed by atoms with Gasteiger partial charge in [-0.25, -0.2) is 4.79 Å². The van der Waals surface area contributed by atoms with Crippen molar-refractivity contribution in [2.45, 2.75) is 26.2 Å². The zero-order valence-corrected chi connectivity index (χ0v) is 9.16. The molecule has 0 aromatic heterocycles. The van der Waals surface area contributed by atoms with Crippen LogP contribution in [-0.4, -0.2) is 12.6 Å². The molecule has 0 aliphatic heterocycles. The maximum atomic E-state index is 11.5. The number of carbonyl (C=O) groups is 1. The van der Waals surface area contributed by atoms with E-state index in [0.29, 0.717) is 12.2 Å². The first-order chi connectivity index (χ1) is 7.24. The lowest BCUT2D eigenvalue weighted by Crippen LogP contribution is -2.06. The molecule has 1 rings (SSSR count). The summed E-state index contributed by atoms with van der Waals surface area (Å²) in [4.78, 5) is 11.5. The molecule has 0 unspecified atom stereocenters. The summed E-state index contributed by atoms with van der Waals surface area (Å²) in [5.74, 6) is -0.244. The Morgan fingerprint density at radius 3 is 2.53 bits per heavy atom. The van der Waals surface area contributed by atoms with Crippen molar-refractivity contribution in [1.29, 1.82) is 0 Å². The fourth-order valence-electron chi connectivity index (χ4n) is 1.24. The molecule has 1 aromatic rings. The standard InChI is InChI=1S/C13H17O2/c1-3-4-5-10-15-13(14)12-8-6-11(2)7-9-12/h6-9H,2-5,10H2,1H3. The van der Waals surface area contributed by atoms with Crippen LogP contribution in [0.1, 0.15) is 42.1 Å². The van der Waals surface area contributed by atoms with Crippen LogP contribution in [0.2, 0.25) is 0 Å². The Morgan fingerprint density at radius 2 is 1.93 bits per heavy atom. The number of carbonyl (C=O) groups excluding carboxylic acids is 1. The second-order valence-corrected chi connectivity index (χ2v) is 3.54. The molecule has 0 saturated heterocycles. The molecule has 1 aromatic carbocycles. The van der Waals surface area contributed by atoms with Crippen molar-refractivity contribution in [3.8, 4) is 0 Å². The Morgan fingerprint density at radius 1 is 1.27 bits per heavy atom. The molecule has 2 heteroatoms. The predicted molar refractivity (Wildman–Crippen MR) is 60.7 cm³/mol. The molecule has 0 N–H and O–H groups in total. The molecule has 15 heavy (non-hydrogen) atoms. The Hall–Kier alpha value is -1.31. The highest BCUT2D eigenvalue weighted by Crippen LogP contribution is 2.05. The molecule has 81 valence electrons. The van der Waals surface area contributed by atoms with E-state index in [1.54, 1.807) is 12.1 Å². The number of rotatable bonds is 5. The third kappa shape index (κ3) is 4.15. The van der Waals surface area contributed by atoms with Crippen LogP contribution in [0.4, 0.5) is 0 Å². The number of benzene rings is 1. The number of hydrogen-bond donors (Lipinski definition) is 0. The highest BCUT2D eigenvalue weighted by Gasteiger charge is 2.05. The lowest BCUT2D eigenvalue weighted by Gasteiger charge is -2.04. The summed E-state index contributed by atoms with van der Waals surface area (Å²) < 4.78 is 5.11. The van der Waals surface area contributed by atoms with Gasteiger partial charge in [0.25, 0.3) is 0 Å². The summed E-state index contributed by atoms with van der Waals surface area (Å²) >= 11 is 0. The zero-order chi connectivity index (χ0) is 11.1. The largest absolute Gasteiger partial charge is 0.462 e. The minimum Gasteiger partial charge on any atom is -0.462 e. The SMILES string of the molecule is [CH2]c1ccc(C(=O)OCCCCC)cc1. The molecule has 2 nitrogen and oxygen atoms in total. The van der Waals surface area contributed by atoms with Gasteiger partial charge in [-0.1, -0.05) is 31.9 Å². The van der Waals surface area contributed by atoms with Crippen LogP contribution in [0.3, 0.4) is 0 Å². The van der Waals surface area contributed by atoms with Gasteiger partial charge in [-0.2, -0.15) is 0 Å². The van der Waals surface area contributed by atoms with Crippen LogP contribution in [0.15, 0.2) is 24.3 Å². The third-order valence-electron chi connectivity index (χ3n) is 2.17. The molecular formula is C13H17O2. The summed E-state index contributed by atoms with van der Waals surface area (Å²) in [6.45, 7) is 6.39. The van der Waals surface area contributed by atoms with Gasteiger partial charge in [0.05, 0.1) is 12.2 Å². The summed E-state index contributed by atoms with van der Waals surface area (Å²) in [6.07, 6.45) is 3.18. The lowest BCUT2D eigenvalue weighted by molar-refractivity contribution is 0.0498. The van der Waals surface area contributed by atoms with Crippen LogP contribution in [0.25, 0.3) is 0 Å². The van der Waals surface area contributed by atoms with Crippen LogP contribution >= 0.6 is 0 Å². The summed E-state index contributed by atoms with van der Waals surface area (Å²) in [7, 11) is 0. The Kier molecular flexibility index (Phi) is 4.88. The second kappa shape index (κ2) is 6.23. The van der Waals surface area contributed by atoms with Gasteiger partial charge >= 0.3 is 5.97 Å². The van der Waals surface area contributed by atoms with E-state index in [1.807, 2.05) is 12.1 Å². The minimum absolute atomic E-state index is 0.244. The maximum Gasteiger partial charge on any atom is 0.338 e. The number of ether oxygens (including phenoxy) is 1. The van der Waals surface area contributed by atoms with Gasteiger partial charge in [0.2, 0.25) is 0 Å². The molecule has 0 amide bonds. The second-order valence-electron chi connectivity index (χ2n) is 3.54. The molecule has 0 heterocycles. The molecule has 0 saturated carbocycles. The number of unbranched alkanes of at least 4 members (excludes halogenated alkanes) is 2. The van der Waals surface area contributed by atoms with Crippen LogP contribution in [-0.2, 0) is 4.74 Å².